The SMILES string of the molecule is CCc1ccccc1-c1ccc(N=C(NC#N)SC)cc1Cl. The van der Waals surface area contributed by atoms with Crippen LogP contribution in [0.25, 0.3) is 11.1 Å². The zero-order valence-corrected chi connectivity index (χ0v) is 14.0. The van der Waals surface area contributed by atoms with Crippen LogP contribution >= 0.6 is 23.4 Å². The fraction of sp³-hybridized carbons (Fsp3) is 0.176. The van der Waals surface area contributed by atoms with E-state index >= 15 is 0 Å². The van der Waals surface area contributed by atoms with Crippen molar-refractivity contribution in [1.29, 1.82) is 5.26 Å². The Morgan fingerprint density at radius 3 is 2.68 bits per heavy atom. The highest BCUT2D eigenvalue weighted by atomic mass is 35.5. The highest BCUT2D eigenvalue weighted by molar-refractivity contribution is 8.13. The smallest absolute Gasteiger partial charge is 0.183 e. The zero-order chi connectivity index (χ0) is 15.9. The number of benzene rings is 2. The number of nitrogens with one attached hydrogen (secondary N) is 1. The minimum absolute atomic E-state index is 0.542. The molecular formula is C17H16ClN3S. The summed E-state index contributed by atoms with van der Waals surface area (Å²) in [7, 11) is 0. The van der Waals surface area contributed by atoms with E-state index in [0.29, 0.717) is 10.2 Å². The minimum Gasteiger partial charge on any atom is -0.271 e. The molecule has 0 aliphatic rings. The van der Waals surface area contributed by atoms with Crippen LogP contribution in [-0.2, 0) is 6.42 Å². The van der Waals surface area contributed by atoms with Crippen molar-refractivity contribution in [1.82, 2.24) is 5.32 Å². The third kappa shape index (κ3) is 3.82. The van der Waals surface area contributed by atoms with E-state index in [9.17, 15) is 0 Å². The summed E-state index contributed by atoms with van der Waals surface area (Å²) < 4.78 is 0. The fourth-order valence-electron chi connectivity index (χ4n) is 2.17. The number of hydrogen-bond donors (Lipinski definition) is 1. The number of rotatable bonds is 3. The molecule has 0 aliphatic carbocycles. The van der Waals surface area contributed by atoms with E-state index in [1.165, 1.54) is 17.3 Å². The molecule has 0 heterocycles. The number of nitrogens with zero attached hydrogens (tertiary/aromatic N) is 2. The number of hydrogen-bond acceptors (Lipinski definition) is 3. The van der Waals surface area contributed by atoms with Crippen LogP contribution in [0.1, 0.15) is 12.5 Å². The molecule has 0 unspecified atom stereocenters. The van der Waals surface area contributed by atoms with E-state index in [-0.39, 0.29) is 0 Å². The molecule has 0 aliphatic heterocycles. The molecule has 0 atom stereocenters. The fourth-order valence-corrected chi connectivity index (χ4v) is 2.79. The molecular weight excluding hydrogens is 314 g/mol. The predicted octanol–water partition coefficient (Wildman–Crippen LogP) is 4.99. The third-order valence-electron chi connectivity index (χ3n) is 3.23. The van der Waals surface area contributed by atoms with Gasteiger partial charge in [-0.3, -0.25) is 5.32 Å². The van der Waals surface area contributed by atoms with E-state index in [1.807, 2.05) is 42.8 Å². The van der Waals surface area contributed by atoms with Crippen molar-refractivity contribution in [3.8, 4) is 17.3 Å². The molecule has 0 saturated carbocycles. The molecule has 0 saturated heterocycles. The van der Waals surface area contributed by atoms with Gasteiger partial charge in [-0.2, -0.15) is 5.26 Å². The van der Waals surface area contributed by atoms with Crippen LogP contribution in [-0.4, -0.2) is 11.4 Å². The highest BCUT2D eigenvalue weighted by Crippen LogP contribution is 2.33. The summed E-state index contributed by atoms with van der Waals surface area (Å²) in [5.41, 5.74) is 4.12. The van der Waals surface area contributed by atoms with Crippen LogP contribution in [0, 0.1) is 11.5 Å². The van der Waals surface area contributed by atoms with Crippen molar-refractivity contribution in [3.05, 3.63) is 53.1 Å². The molecule has 0 fully saturated rings. The normalized spacial score (nSPS) is 11.1. The first-order valence-electron chi connectivity index (χ1n) is 6.85. The third-order valence-corrected chi connectivity index (χ3v) is 4.12. The summed E-state index contributed by atoms with van der Waals surface area (Å²) in [6.45, 7) is 2.13. The maximum atomic E-state index is 8.67. The van der Waals surface area contributed by atoms with Gasteiger partial charge in [0.25, 0.3) is 0 Å². The van der Waals surface area contributed by atoms with Crippen molar-refractivity contribution in [2.24, 2.45) is 4.99 Å². The van der Waals surface area contributed by atoms with E-state index < -0.39 is 0 Å². The lowest BCUT2D eigenvalue weighted by atomic mass is 9.98. The van der Waals surface area contributed by atoms with Gasteiger partial charge in [-0.15, -0.1) is 0 Å². The Hall–Kier alpha value is -1.96. The van der Waals surface area contributed by atoms with Crippen LogP contribution < -0.4 is 5.32 Å². The Morgan fingerprint density at radius 2 is 2.05 bits per heavy atom. The van der Waals surface area contributed by atoms with Gasteiger partial charge in [0, 0.05) is 5.56 Å². The number of amidine groups is 1. The molecule has 0 bridgehead atoms. The standard InChI is InChI=1S/C17H16ClN3S/c1-3-12-6-4-5-7-14(12)15-9-8-13(10-16(15)18)21-17(22-2)20-11-19/h4-10H,3H2,1-2H3,(H,20,21). The monoisotopic (exact) mass is 329 g/mol. The van der Waals surface area contributed by atoms with E-state index in [0.717, 1.165) is 23.2 Å². The van der Waals surface area contributed by atoms with Crippen molar-refractivity contribution in [2.75, 3.05) is 6.26 Å². The van der Waals surface area contributed by atoms with Gasteiger partial charge in [0.15, 0.2) is 11.4 Å². The first-order valence-corrected chi connectivity index (χ1v) is 8.45. The number of aryl methyl sites for hydroxylation is 1. The Bertz CT molecular complexity index is 735. The lowest BCUT2D eigenvalue weighted by Crippen LogP contribution is -2.12. The van der Waals surface area contributed by atoms with Gasteiger partial charge in [0.1, 0.15) is 0 Å². The van der Waals surface area contributed by atoms with Crippen LogP contribution in [0.5, 0.6) is 0 Å². The molecule has 0 amide bonds. The summed E-state index contributed by atoms with van der Waals surface area (Å²) in [6, 6.07) is 13.9. The first-order chi connectivity index (χ1) is 10.7. The Balaban J connectivity index is 2.41. The van der Waals surface area contributed by atoms with Gasteiger partial charge >= 0.3 is 0 Å². The second kappa shape index (κ2) is 7.88. The summed E-state index contributed by atoms with van der Waals surface area (Å²) in [5.74, 6) is 0. The van der Waals surface area contributed by atoms with E-state index in [2.05, 4.69) is 29.4 Å². The van der Waals surface area contributed by atoms with Crippen LogP contribution in [0.15, 0.2) is 47.5 Å². The van der Waals surface area contributed by atoms with Crippen molar-refractivity contribution in [3.63, 3.8) is 0 Å². The van der Waals surface area contributed by atoms with Crippen molar-refractivity contribution >= 4 is 34.2 Å². The summed E-state index contributed by atoms with van der Waals surface area (Å²) in [5, 5.41) is 12.4. The molecule has 0 radical (unpaired) electrons. The quantitative estimate of drug-likeness (QED) is 0.373. The Kier molecular flexibility index (Phi) is 5.88. The number of aliphatic imine (C=N–C) groups is 1. The predicted molar refractivity (Wildman–Crippen MR) is 95.6 cm³/mol. The first kappa shape index (κ1) is 16.4. The van der Waals surface area contributed by atoms with E-state index in [4.69, 9.17) is 16.9 Å². The molecule has 0 aromatic heterocycles. The molecule has 0 spiro atoms. The molecule has 2 rings (SSSR count). The summed E-state index contributed by atoms with van der Waals surface area (Å²) in [6.07, 6.45) is 4.68. The lowest BCUT2D eigenvalue weighted by Gasteiger charge is -2.10. The number of nitriles is 1. The summed E-state index contributed by atoms with van der Waals surface area (Å²) in [4.78, 5) is 4.37. The maximum Gasteiger partial charge on any atom is 0.183 e. The van der Waals surface area contributed by atoms with Crippen LogP contribution in [0.4, 0.5) is 5.69 Å². The average Bonchev–Trinajstić information content (AvgIpc) is 2.54. The summed E-state index contributed by atoms with van der Waals surface area (Å²) >= 11 is 7.81. The zero-order valence-electron chi connectivity index (χ0n) is 12.4. The van der Waals surface area contributed by atoms with E-state index in [1.54, 1.807) is 0 Å². The van der Waals surface area contributed by atoms with Crippen LogP contribution in [0.2, 0.25) is 5.02 Å². The van der Waals surface area contributed by atoms with Crippen LogP contribution in [0.3, 0.4) is 0 Å². The molecule has 5 heteroatoms. The number of halogens is 1. The second-order valence-electron chi connectivity index (χ2n) is 4.53. The second-order valence-corrected chi connectivity index (χ2v) is 5.73. The van der Waals surface area contributed by atoms with Crippen molar-refractivity contribution < 1.29 is 0 Å². The minimum atomic E-state index is 0.542. The van der Waals surface area contributed by atoms with Gasteiger partial charge in [-0.1, -0.05) is 60.6 Å². The topological polar surface area (TPSA) is 48.2 Å². The highest BCUT2D eigenvalue weighted by Gasteiger charge is 2.08. The molecule has 22 heavy (non-hydrogen) atoms. The molecule has 2 aromatic carbocycles. The lowest BCUT2D eigenvalue weighted by molar-refractivity contribution is 1.14. The Labute approximate surface area is 140 Å². The molecule has 1 N–H and O–H groups in total. The molecule has 3 nitrogen and oxygen atoms in total. The Morgan fingerprint density at radius 1 is 1.27 bits per heavy atom. The van der Waals surface area contributed by atoms with Gasteiger partial charge in [-0.25, -0.2) is 4.99 Å². The largest absolute Gasteiger partial charge is 0.271 e. The van der Waals surface area contributed by atoms with Crippen molar-refractivity contribution in [2.45, 2.75) is 13.3 Å². The van der Waals surface area contributed by atoms with Gasteiger partial charge in [0.2, 0.25) is 0 Å². The van der Waals surface area contributed by atoms with Gasteiger partial charge in [0.05, 0.1) is 10.7 Å². The molecule has 112 valence electrons. The van der Waals surface area contributed by atoms with Gasteiger partial charge in [-0.05, 0) is 35.9 Å². The average molecular weight is 330 g/mol. The molecule has 2 aromatic rings. The maximum absolute atomic E-state index is 8.67. The van der Waals surface area contributed by atoms with Gasteiger partial charge < -0.3 is 0 Å². The number of thioether (sulfide) groups is 1.